The van der Waals surface area contributed by atoms with E-state index in [2.05, 4.69) is 46.8 Å². The molecule has 4 aromatic rings. The number of rotatable bonds is 4. The Morgan fingerprint density at radius 1 is 0.912 bits per heavy atom. The number of aromatic nitrogens is 2. The number of fused-ring (bicyclic) bond motifs is 1. The largest absolute Gasteiger partial charge is 0.345 e. The van der Waals surface area contributed by atoms with Crippen LogP contribution >= 0.6 is 23.2 Å². The van der Waals surface area contributed by atoms with Gasteiger partial charge in [-0.1, -0.05) is 60.1 Å². The number of halogens is 2. The van der Waals surface area contributed by atoms with Gasteiger partial charge in [-0.15, -0.1) is 0 Å². The van der Waals surface area contributed by atoms with Gasteiger partial charge < -0.3 is 15.2 Å². The van der Waals surface area contributed by atoms with Crippen LogP contribution < -0.4 is 10.6 Å². The van der Waals surface area contributed by atoms with E-state index in [-0.39, 0.29) is 0 Å². The van der Waals surface area contributed by atoms with Gasteiger partial charge in [-0.2, -0.15) is 0 Å². The standard InChI is InChI=1S/C28H24Cl2N4/c1-18-13-24(19-5-4-6-23(30)14-19)25-15-21(9-12-26(25)34(18)3)28(31,27-16-32-17-33(27)2)20-7-10-22(29)11-8-20/h4-17H,1,31H2,2-3H3/t28-/m0/s1. The van der Waals surface area contributed by atoms with Crippen LogP contribution in [0.5, 0.6) is 0 Å². The third-order valence-corrected chi connectivity index (χ3v) is 6.99. The second kappa shape index (κ2) is 8.48. The van der Waals surface area contributed by atoms with Gasteiger partial charge in [0.15, 0.2) is 0 Å². The van der Waals surface area contributed by atoms with E-state index in [0.29, 0.717) is 10.0 Å². The quantitative estimate of drug-likeness (QED) is 0.364. The van der Waals surface area contributed by atoms with Gasteiger partial charge in [-0.3, -0.25) is 0 Å². The molecule has 0 aliphatic carbocycles. The Morgan fingerprint density at radius 2 is 1.65 bits per heavy atom. The predicted molar refractivity (Wildman–Crippen MR) is 141 cm³/mol. The van der Waals surface area contributed by atoms with Crippen molar-refractivity contribution in [2.45, 2.75) is 5.54 Å². The second-order valence-electron chi connectivity index (χ2n) is 8.56. The number of nitrogens with two attached hydrogens (primary N) is 1. The molecule has 0 radical (unpaired) electrons. The molecular weight excluding hydrogens is 463 g/mol. The van der Waals surface area contributed by atoms with E-state index < -0.39 is 5.54 Å². The summed E-state index contributed by atoms with van der Waals surface area (Å²) in [6.07, 6.45) is 5.67. The molecule has 1 aliphatic rings. The molecule has 34 heavy (non-hydrogen) atoms. The highest BCUT2D eigenvalue weighted by Crippen LogP contribution is 2.42. The lowest BCUT2D eigenvalue weighted by Crippen LogP contribution is -2.41. The molecule has 3 aromatic carbocycles. The van der Waals surface area contributed by atoms with Crippen LogP contribution in [-0.4, -0.2) is 16.6 Å². The van der Waals surface area contributed by atoms with Crippen molar-refractivity contribution in [3.63, 3.8) is 0 Å². The Balaban J connectivity index is 1.76. The zero-order chi connectivity index (χ0) is 24.0. The monoisotopic (exact) mass is 486 g/mol. The number of hydrogen-bond donors (Lipinski definition) is 1. The van der Waals surface area contributed by atoms with Gasteiger partial charge in [-0.25, -0.2) is 4.98 Å². The minimum atomic E-state index is -0.947. The van der Waals surface area contributed by atoms with Crippen molar-refractivity contribution in [2.24, 2.45) is 12.8 Å². The number of benzene rings is 3. The highest BCUT2D eigenvalue weighted by Gasteiger charge is 2.36. The lowest BCUT2D eigenvalue weighted by atomic mass is 9.79. The first kappa shape index (κ1) is 22.5. The minimum absolute atomic E-state index is 0.660. The first-order valence-corrected chi connectivity index (χ1v) is 11.6. The topological polar surface area (TPSA) is 47.1 Å². The molecule has 5 rings (SSSR count). The van der Waals surface area contributed by atoms with Crippen molar-refractivity contribution >= 4 is 34.5 Å². The zero-order valence-electron chi connectivity index (χ0n) is 19.0. The summed E-state index contributed by atoms with van der Waals surface area (Å²) in [4.78, 5) is 6.43. The van der Waals surface area contributed by atoms with E-state index in [0.717, 1.165) is 44.9 Å². The Bertz CT molecular complexity index is 1440. The van der Waals surface area contributed by atoms with Crippen molar-refractivity contribution in [2.75, 3.05) is 11.9 Å². The van der Waals surface area contributed by atoms with Gasteiger partial charge in [-0.05, 0) is 64.7 Å². The van der Waals surface area contributed by atoms with Crippen molar-refractivity contribution in [1.29, 1.82) is 0 Å². The molecule has 0 spiro atoms. The van der Waals surface area contributed by atoms with Crippen LogP contribution in [0, 0.1) is 0 Å². The Labute approximate surface area is 209 Å². The first-order chi connectivity index (χ1) is 16.3. The van der Waals surface area contributed by atoms with Crippen LogP contribution in [0.3, 0.4) is 0 Å². The number of allylic oxidation sites excluding steroid dienone is 1. The van der Waals surface area contributed by atoms with Crippen LogP contribution in [0.15, 0.2) is 97.6 Å². The molecule has 170 valence electrons. The molecule has 6 heteroatoms. The summed E-state index contributed by atoms with van der Waals surface area (Å²) in [5.74, 6) is 0. The van der Waals surface area contributed by atoms with E-state index in [9.17, 15) is 0 Å². The molecule has 0 bridgehead atoms. The zero-order valence-corrected chi connectivity index (χ0v) is 20.5. The van der Waals surface area contributed by atoms with Gasteiger partial charge in [0, 0.05) is 41.1 Å². The Kier molecular flexibility index (Phi) is 5.61. The summed E-state index contributed by atoms with van der Waals surface area (Å²) < 4.78 is 1.95. The summed E-state index contributed by atoms with van der Waals surface area (Å²) in [6, 6.07) is 21.9. The third kappa shape index (κ3) is 3.64. The number of anilines is 1. The summed E-state index contributed by atoms with van der Waals surface area (Å²) in [7, 11) is 3.97. The van der Waals surface area contributed by atoms with E-state index >= 15 is 0 Å². The van der Waals surface area contributed by atoms with Crippen LogP contribution in [0.1, 0.15) is 27.9 Å². The maximum absolute atomic E-state index is 7.28. The van der Waals surface area contributed by atoms with Crippen molar-refractivity contribution in [3.8, 4) is 0 Å². The van der Waals surface area contributed by atoms with E-state index in [1.54, 1.807) is 6.33 Å². The molecule has 2 heterocycles. The molecule has 2 N–H and O–H groups in total. The minimum Gasteiger partial charge on any atom is -0.345 e. The lowest BCUT2D eigenvalue weighted by Gasteiger charge is -2.34. The van der Waals surface area contributed by atoms with Crippen LogP contribution in [0.4, 0.5) is 5.69 Å². The highest BCUT2D eigenvalue weighted by atomic mass is 35.5. The smallest absolute Gasteiger partial charge is 0.109 e. The number of imidazole rings is 1. The molecule has 0 amide bonds. The summed E-state index contributed by atoms with van der Waals surface area (Å²) in [5.41, 5.74) is 14.1. The first-order valence-electron chi connectivity index (χ1n) is 10.9. The maximum Gasteiger partial charge on any atom is 0.109 e. The Hall–Kier alpha value is -3.31. The fourth-order valence-electron chi connectivity index (χ4n) is 4.59. The molecular formula is C28H24Cl2N4. The van der Waals surface area contributed by atoms with Gasteiger partial charge in [0.05, 0.1) is 18.2 Å². The van der Waals surface area contributed by atoms with Crippen LogP contribution in [-0.2, 0) is 12.6 Å². The third-order valence-electron chi connectivity index (χ3n) is 6.50. The summed E-state index contributed by atoms with van der Waals surface area (Å²) in [6.45, 7) is 4.24. The molecule has 0 saturated heterocycles. The number of hydrogen-bond acceptors (Lipinski definition) is 3. The van der Waals surface area contributed by atoms with E-state index in [1.165, 1.54) is 0 Å². The molecule has 1 aliphatic heterocycles. The van der Waals surface area contributed by atoms with E-state index in [4.69, 9.17) is 28.9 Å². The van der Waals surface area contributed by atoms with E-state index in [1.807, 2.05) is 67.3 Å². The summed E-state index contributed by atoms with van der Waals surface area (Å²) >= 11 is 12.5. The average molecular weight is 487 g/mol. The van der Waals surface area contributed by atoms with Gasteiger partial charge in [0.1, 0.15) is 5.54 Å². The SMILES string of the molecule is C=C1C=C(c2cccc(Cl)c2)c2cc([C@@](N)(c3ccc(Cl)cc3)c3cncn3C)ccc2N1C. The molecule has 4 nitrogen and oxygen atoms in total. The normalized spacial score (nSPS) is 15.0. The maximum atomic E-state index is 7.28. The molecule has 1 aromatic heterocycles. The molecule has 0 unspecified atom stereocenters. The Morgan fingerprint density at radius 3 is 2.32 bits per heavy atom. The number of aryl methyl sites for hydroxylation is 1. The molecule has 0 fully saturated rings. The predicted octanol–water partition coefficient (Wildman–Crippen LogP) is 6.37. The number of likely N-dealkylation sites (N-methyl/N-ethyl adjacent to an activating group) is 1. The fraction of sp³-hybridized carbons (Fsp3) is 0.107. The lowest BCUT2D eigenvalue weighted by molar-refractivity contribution is 0.596. The van der Waals surface area contributed by atoms with Crippen LogP contribution in [0.25, 0.3) is 5.57 Å². The fourth-order valence-corrected chi connectivity index (χ4v) is 4.91. The van der Waals surface area contributed by atoms with Crippen molar-refractivity contribution < 1.29 is 0 Å². The summed E-state index contributed by atoms with van der Waals surface area (Å²) in [5, 5.41) is 1.35. The second-order valence-corrected chi connectivity index (χ2v) is 9.43. The molecule has 1 atom stereocenters. The molecule has 0 saturated carbocycles. The van der Waals surface area contributed by atoms with Crippen molar-refractivity contribution in [3.05, 3.63) is 136 Å². The number of nitrogens with zero attached hydrogens (tertiary/aromatic N) is 3. The van der Waals surface area contributed by atoms with Gasteiger partial charge in [0.25, 0.3) is 0 Å². The van der Waals surface area contributed by atoms with Crippen LogP contribution in [0.2, 0.25) is 10.0 Å². The average Bonchev–Trinajstić information content (AvgIpc) is 3.27. The van der Waals surface area contributed by atoms with Crippen molar-refractivity contribution in [1.82, 2.24) is 9.55 Å². The van der Waals surface area contributed by atoms with Gasteiger partial charge >= 0.3 is 0 Å². The highest BCUT2D eigenvalue weighted by molar-refractivity contribution is 6.31. The van der Waals surface area contributed by atoms with Gasteiger partial charge in [0.2, 0.25) is 0 Å².